The van der Waals surface area contributed by atoms with Crippen molar-refractivity contribution in [3.63, 3.8) is 0 Å². The van der Waals surface area contributed by atoms with Crippen molar-refractivity contribution in [3.8, 4) is 10.6 Å². The first-order valence-corrected chi connectivity index (χ1v) is 8.99. The summed E-state index contributed by atoms with van der Waals surface area (Å²) >= 11 is 1.55. The van der Waals surface area contributed by atoms with Gasteiger partial charge >= 0.3 is 0 Å². The molecule has 0 saturated heterocycles. The van der Waals surface area contributed by atoms with Gasteiger partial charge in [0.15, 0.2) is 0 Å². The van der Waals surface area contributed by atoms with E-state index in [1.54, 1.807) is 17.4 Å². The molecule has 0 amide bonds. The van der Waals surface area contributed by atoms with Crippen molar-refractivity contribution in [1.82, 2.24) is 9.97 Å². The van der Waals surface area contributed by atoms with E-state index in [0.717, 1.165) is 26.2 Å². The second kappa shape index (κ2) is 7.19. The summed E-state index contributed by atoms with van der Waals surface area (Å²) in [5, 5.41) is 14.2. The highest BCUT2D eigenvalue weighted by Gasteiger charge is 2.10. The molecule has 4 rings (SSSR count). The fraction of sp³-hybridized carbons (Fsp3) is 0.100. The number of aliphatic hydroxyl groups is 1. The molecule has 130 valence electrons. The SMILES string of the molecule is O[C@@H](CNc1cc(-c2cc3cc(F)ccc3s2)ncn1)c1ccccc1. The molecule has 0 aliphatic carbocycles. The maximum Gasteiger partial charge on any atom is 0.130 e. The number of aliphatic hydroxyl groups excluding tert-OH is 1. The Balaban J connectivity index is 1.52. The lowest BCUT2D eigenvalue weighted by Crippen LogP contribution is -2.13. The standard InChI is InChI=1S/C20H16FN3OS/c21-15-6-7-18-14(8-15)9-19(26-18)16-10-20(24-12-23-16)22-11-17(25)13-4-2-1-3-5-13/h1-10,12,17,25H,11H2,(H,22,23,24)/t17-/m0/s1. The minimum absolute atomic E-state index is 0.248. The third-order valence-corrected chi connectivity index (χ3v) is 5.20. The maximum absolute atomic E-state index is 13.4. The Kier molecular flexibility index (Phi) is 4.60. The van der Waals surface area contributed by atoms with E-state index in [1.807, 2.05) is 42.5 Å². The van der Waals surface area contributed by atoms with Crippen molar-refractivity contribution in [1.29, 1.82) is 0 Å². The Morgan fingerprint density at radius 2 is 1.88 bits per heavy atom. The van der Waals surface area contributed by atoms with Crippen molar-refractivity contribution in [3.05, 3.63) is 78.4 Å². The van der Waals surface area contributed by atoms with Crippen LogP contribution in [0.2, 0.25) is 0 Å². The number of benzene rings is 2. The van der Waals surface area contributed by atoms with Crippen LogP contribution >= 0.6 is 11.3 Å². The molecule has 0 fully saturated rings. The van der Waals surface area contributed by atoms with Crippen LogP contribution in [0.1, 0.15) is 11.7 Å². The van der Waals surface area contributed by atoms with Gasteiger partial charge in [0.05, 0.1) is 16.7 Å². The molecule has 0 saturated carbocycles. The fourth-order valence-corrected chi connectivity index (χ4v) is 3.73. The molecule has 0 radical (unpaired) electrons. The number of nitrogens with one attached hydrogen (secondary N) is 1. The molecule has 2 aromatic heterocycles. The van der Waals surface area contributed by atoms with Gasteiger partial charge in [-0.15, -0.1) is 11.3 Å². The molecule has 2 heterocycles. The van der Waals surface area contributed by atoms with Gasteiger partial charge in [0.2, 0.25) is 0 Å². The quantitative estimate of drug-likeness (QED) is 0.541. The number of rotatable bonds is 5. The van der Waals surface area contributed by atoms with Crippen LogP contribution in [0.25, 0.3) is 20.7 Å². The van der Waals surface area contributed by atoms with Gasteiger partial charge < -0.3 is 10.4 Å². The third kappa shape index (κ3) is 3.56. The number of thiophene rings is 1. The van der Waals surface area contributed by atoms with Crippen molar-refractivity contribution in [2.75, 3.05) is 11.9 Å². The molecule has 2 aromatic carbocycles. The van der Waals surface area contributed by atoms with Gasteiger partial charge in [-0.25, -0.2) is 14.4 Å². The summed E-state index contributed by atoms with van der Waals surface area (Å²) < 4.78 is 14.4. The summed E-state index contributed by atoms with van der Waals surface area (Å²) in [5.41, 5.74) is 1.61. The monoisotopic (exact) mass is 365 g/mol. The van der Waals surface area contributed by atoms with Gasteiger partial charge in [-0.05, 0) is 35.2 Å². The van der Waals surface area contributed by atoms with Gasteiger partial charge in [-0.3, -0.25) is 0 Å². The average Bonchev–Trinajstić information content (AvgIpc) is 3.10. The molecule has 4 aromatic rings. The molecule has 0 unspecified atom stereocenters. The van der Waals surface area contributed by atoms with E-state index in [2.05, 4.69) is 15.3 Å². The summed E-state index contributed by atoms with van der Waals surface area (Å²) in [6.07, 6.45) is 0.860. The summed E-state index contributed by atoms with van der Waals surface area (Å²) in [6.45, 7) is 0.345. The first kappa shape index (κ1) is 16.6. The summed E-state index contributed by atoms with van der Waals surface area (Å²) in [5.74, 6) is 0.385. The van der Waals surface area contributed by atoms with E-state index < -0.39 is 6.10 Å². The zero-order chi connectivity index (χ0) is 17.9. The zero-order valence-electron chi connectivity index (χ0n) is 13.8. The van der Waals surface area contributed by atoms with Crippen LogP contribution in [0.3, 0.4) is 0 Å². The van der Waals surface area contributed by atoms with Crippen molar-refractivity contribution >= 4 is 27.2 Å². The highest BCUT2D eigenvalue weighted by molar-refractivity contribution is 7.22. The van der Waals surface area contributed by atoms with Crippen LogP contribution in [0, 0.1) is 5.82 Å². The molecule has 0 bridgehead atoms. The van der Waals surface area contributed by atoms with E-state index in [9.17, 15) is 9.50 Å². The number of anilines is 1. The van der Waals surface area contributed by atoms with Crippen molar-refractivity contribution in [2.45, 2.75) is 6.10 Å². The number of hydrogen-bond acceptors (Lipinski definition) is 5. The van der Waals surface area contributed by atoms with Crippen LogP contribution in [0.4, 0.5) is 10.2 Å². The largest absolute Gasteiger partial charge is 0.387 e. The van der Waals surface area contributed by atoms with E-state index in [0.29, 0.717) is 12.4 Å². The highest BCUT2D eigenvalue weighted by Crippen LogP contribution is 2.33. The maximum atomic E-state index is 13.4. The molecule has 0 aliphatic heterocycles. The lowest BCUT2D eigenvalue weighted by Gasteiger charge is -2.12. The van der Waals surface area contributed by atoms with Gasteiger partial charge in [-0.1, -0.05) is 30.3 Å². The van der Waals surface area contributed by atoms with E-state index in [4.69, 9.17) is 0 Å². The summed E-state index contributed by atoms with van der Waals surface area (Å²) in [7, 11) is 0. The molecular weight excluding hydrogens is 349 g/mol. The zero-order valence-corrected chi connectivity index (χ0v) is 14.6. The molecule has 0 spiro atoms. The van der Waals surface area contributed by atoms with Crippen LogP contribution in [0.5, 0.6) is 0 Å². The first-order chi connectivity index (χ1) is 12.7. The molecule has 2 N–H and O–H groups in total. The Bertz CT molecular complexity index is 1040. The summed E-state index contributed by atoms with van der Waals surface area (Å²) in [4.78, 5) is 9.47. The molecule has 26 heavy (non-hydrogen) atoms. The van der Waals surface area contributed by atoms with Gasteiger partial charge in [0, 0.05) is 17.3 Å². The van der Waals surface area contributed by atoms with Crippen LogP contribution in [0.15, 0.2) is 67.0 Å². The smallest absolute Gasteiger partial charge is 0.130 e. The number of nitrogens with zero attached hydrogens (tertiary/aromatic N) is 2. The molecule has 6 heteroatoms. The molecule has 4 nitrogen and oxygen atoms in total. The molecule has 1 atom stereocenters. The van der Waals surface area contributed by atoms with E-state index >= 15 is 0 Å². The lowest BCUT2D eigenvalue weighted by molar-refractivity contribution is 0.191. The second-order valence-electron chi connectivity index (χ2n) is 5.89. The Morgan fingerprint density at radius 3 is 2.73 bits per heavy atom. The van der Waals surface area contributed by atoms with Crippen molar-refractivity contribution in [2.24, 2.45) is 0 Å². The van der Waals surface area contributed by atoms with Gasteiger partial charge in [-0.2, -0.15) is 0 Å². The Hall–Kier alpha value is -2.83. The topological polar surface area (TPSA) is 58.0 Å². The summed E-state index contributed by atoms with van der Waals surface area (Å²) in [6, 6.07) is 18.0. The Labute approximate surface area is 154 Å². The molecular formula is C20H16FN3OS. The van der Waals surface area contributed by atoms with E-state index in [-0.39, 0.29) is 5.82 Å². The van der Waals surface area contributed by atoms with Crippen LogP contribution < -0.4 is 5.32 Å². The van der Waals surface area contributed by atoms with Crippen LogP contribution in [-0.4, -0.2) is 21.6 Å². The lowest BCUT2D eigenvalue weighted by atomic mass is 10.1. The van der Waals surface area contributed by atoms with Gasteiger partial charge in [0.25, 0.3) is 0 Å². The predicted molar refractivity (Wildman–Crippen MR) is 103 cm³/mol. The van der Waals surface area contributed by atoms with Crippen molar-refractivity contribution < 1.29 is 9.50 Å². The van der Waals surface area contributed by atoms with Crippen LogP contribution in [-0.2, 0) is 0 Å². The normalized spacial score (nSPS) is 12.2. The average molecular weight is 365 g/mol. The first-order valence-electron chi connectivity index (χ1n) is 8.17. The van der Waals surface area contributed by atoms with Gasteiger partial charge in [0.1, 0.15) is 18.0 Å². The van der Waals surface area contributed by atoms with E-state index in [1.165, 1.54) is 18.5 Å². The predicted octanol–water partition coefficient (Wildman–Crippen LogP) is 4.64. The third-order valence-electron chi connectivity index (χ3n) is 4.06. The minimum atomic E-state index is -0.623. The minimum Gasteiger partial charge on any atom is -0.387 e. The fourth-order valence-electron chi connectivity index (χ4n) is 2.72. The number of fused-ring (bicyclic) bond motifs is 1. The second-order valence-corrected chi connectivity index (χ2v) is 6.97. The highest BCUT2D eigenvalue weighted by atomic mass is 32.1. The Morgan fingerprint density at radius 1 is 1.04 bits per heavy atom. The number of aromatic nitrogens is 2. The molecule has 0 aliphatic rings. The number of hydrogen-bond donors (Lipinski definition) is 2. The number of halogens is 1.